The molecule has 2 rings (SSSR count). The van der Waals surface area contributed by atoms with Gasteiger partial charge in [-0.05, 0) is 38.0 Å². The van der Waals surface area contributed by atoms with Crippen LogP contribution in [0.2, 0.25) is 0 Å². The standard InChI is InChI=1S/C15H20ClNO3/c1-2-20-14-6-5-13(8-12(14)9-16)17-15(18)11-4-3-7-19-10-11/h5-6,8,11H,2-4,7,9-10H2,1H3,(H,17,18). The van der Waals surface area contributed by atoms with Crippen LogP contribution in [0.15, 0.2) is 18.2 Å². The zero-order chi connectivity index (χ0) is 14.4. The lowest BCUT2D eigenvalue weighted by Gasteiger charge is -2.21. The van der Waals surface area contributed by atoms with Crippen LogP contribution in [-0.4, -0.2) is 25.7 Å². The topological polar surface area (TPSA) is 47.6 Å². The summed E-state index contributed by atoms with van der Waals surface area (Å²) in [6.45, 7) is 3.78. The Morgan fingerprint density at radius 2 is 2.40 bits per heavy atom. The van der Waals surface area contributed by atoms with Crippen molar-refractivity contribution in [2.45, 2.75) is 25.6 Å². The largest absolute Gasteiger partial charge is 0.494 e. The number of ether oxygens (including phenoxy) is 2. The first kappa shape index (κ1) is 15.1. The molecule has 1 heterocycles. The summed E-state index contributed by atoms with van der Waals surface area (Å²) in [7, 11) is 0. The Hall–Kier alpha value is -1.26. The summed E-state index contributed by atoms with van der Waals surface area (Å²) in [6.07, 6.45) is 1.82. The summed E-state index contributed by atoms with van der Waals surface area (Å²) >= 11 is 5.91. The SMILES string of the molecule is CCOc1ccc(NC(=O)C2CCCOC2)cc1CCl. The van der Waals surface area contributed by atoms with Crippen LogP contribution in [0.25, 0.3) is 0 Å². The highest BCUT2D eigenvalue weighted by atomic mass is 35.5. The van der Waals surface area contributed by atoms with Crippen LogP contribution >= 0.6 is 11.6 Å². The molecule has 0 spiro atoms. The molecule has 1 amide bonds. The second-order valence-electron chi connectivity index (χ2n) is 4.79. The third-order valence-corrected chi connectivity index (χ3v) is 3.59. The van der Waals surface area contributed by atoms with Crippen LogP contribution < -0.4 is 10.1 Å². The molecule has 4 nitrogen and oxygen atoms in total. The number of rotatable bonds is 5. The lowest BCUT2D eigenvalue weighted by atomic mass is 10.0. The summed E-state index contributed by atoms with van der Waals surface area (Å²) in [4.78, 5) is 12.1. The van der Waals surface area contributed by atoms with Crippen molar-refractivity contribution in [3.63, 3.8) is 0 Å². The lowest BCUT2D eigenvalue weighted by molar-refractivity contribution is -0.123. The average molecular weight is 298 g/mol. The van der Waals surface area contributed by atoms with Gasteiger partial charge in [0.05, 0.1) is 25.0 Å². The second kappa shape index (κ2) is 7.50. The van der Waals surface area contributed by atoms with Gasteiger partial charge in [0.2, 0.25) is 5.91 Å². The van der Waals surface area contributed by atoms with Crippen molar-refractivity contribution >= 4 is 23.2 Å². The Morgan fingerprint density at radius 1 is 1.55 bits per heavy atom. The van der Waals surface area contributed by atoms with Gasteiger partial charge in [-0.2, -0.15) is 0 Å². The van der Waals surface area contributed by atoms with Crippen LogP contribution in [0.5, 0.6) is 5.75 Å². The highest BCUT2D eigenvalue weighted by molar-refractivity contribution is 6.17. The number of carbonyl (C=O) groups is 1. The molecule has 110 valence electrons. The van der Waals surface area contributed by atoms with E-state index >= 15 is 0 Å². The number of hydrogen-bond acceptors (Lipinski definition) is 3. The van der Waals surface area contributed by atoms with Crippen molar-refractivity contribution < 1.29 is 14.3 Å². The molecule has 0 saturated carbocycles. The van der Waals surface area contributed by atoms with Gasteiger partial charge in [-0.1, -0.05) is 0 Å². The van der Waals surface area contributed by atoms with Crippen LogP contribution in [0.3, 0.4) is 0 Å². The van der Waals surface area contributed by atoms with Gasteiger partial charge in [0, 0.05) is 17.9 Å². The number of anilines is 1. The summed E-state index contributed by atoms with van der Waals surface area (Å²) in [5.74, 6) is 1.07. The van der Waals surface area contributed by atoms with E-state index < -0.39 is 0 Å². The van der Waals surface area contributed by atoms with Gasteiger partial charge < -0.3 is 14.8 Å². The number of halogens is 1. The molecule has 1 atom stereocenters. The summed E-state index contributed by atoms with van der Waals surface area (Å²) in [6, 6.07) is 5.54. The van der Waals surface area contributed by atoms with Gasteiger partial charge in [-0.25, -0.2) is 0 Å². The Labute approximate surface area is 124 Å². The van der Waals surface area contributed by atoms with Crippen molar-refractivity contribution in [2.75, 3.05) is 25.1 Å². The Morgan fingerprint density at radius 3 is 3.05 bits per heavy atom. The molecule has 5 heteroatoms. The van der Waals surface area contributed by atoms with Gasteiger partial charge in [0.1, 0.15) is 5.75 Å². The van der Waals surface area contributed by atoms with E-state index in [0.29, 0.717) is 19.1 Å². The van der Waals surface area contributed by atoms with E-state index in [1.165, 1.54) is 0 Å². The van der Waals surface area contributed by atoms with Crippen LogP contribution in [-0.2, 0) is 15.4 Å². The first-order chi connectivity index (χ1) is 9.74. The van der Waals surface area contributed by atoms with Crippen molar-refractivity contribution in [3.05, 3.63) is 23.8 Å². The van der Waals surface area contributed by atoms with Gasteiger partial charge in [0.25, 0.3) is 0 Å². The average Bonchev–Trinajstić information content (AvgIpc) is 2.50. The fourth-order valence-electron chi connectivity index (χ4n) is 2.25. The summed E-state index contributed by atoms with van der Waals surface area (Å²) in [5, 5.41) is 2.92. The number of nitrogens with one attached hydrogen (secondary N) is 1. The maximum absolute atomic E-state index is 12.1. The number of alkyl halides is 1. The summed E-state index contributed by atoms with van der Waals surface area (Å²) < 4.78 is 10.8. The number of benzene rings is 1. The molecule has 0 aromatic heterocycles. The molecule has 1 saturated heterocycles. The number of amides is 1. The second-order valence-corrected chi connectivity index (χ2v) is 5.06. The predicted octanol–water partition coefficient (Wildman–Crippen LogP) is 3.19. The van der Waals surface area contributed by atoms with E-state index in [2.05, 4.69) is 5.32 Å². The molecular weight excluding hydrogens is 278 g/mol. The third kappa shape index (κ3) is 3.87. The molecular formula is C15H20ClNO3. The van der Waals surface area contributed by atoms with Crippen molar-refractivity contribution in [1.82, 2.24) is 0 Å². The van der Waals surface area contributed by atoms with E-state index in [1.807, 2.05) is 25.1 Å². The van der Waals surface area contributed by atoms with E-state index in [0.717, 1.165) is 36.4 Å². The molecule has 1 aromatic rings. The molecule has 0 bridgehead atoms. The van der Waals surface area contributed by atoms with Gasteiger partial charge in [0.15, 0.2) is 0 Å². The fraction of sp³-hybridized carbons (Fsp3) is 0.533. The minimum Gasteiger partial charge on any atom is -0.494 e. The third-order valence-electron chi connectivity index (χ3n) is 3.30. The first-order valence-electron chi connectivity index (χ1n) is 6.95. The van der Waals surface area contributed by atoms with Crippen molar-refractivity contribution in [3.8, 4) is 5.75 Å². The fourth-order valence-corrected chi connectivity index (χ4v) is 2.46. The Bertz CT molecular complexity index is 458. The van der Waals surface area contributed by atoms with Gasteiger partial charge in [-0.3, -0.25) is 4.79 Å². The zero-order valence-electron chi connectivity index (χ0n) is 11.7. The van der Waals surface area contributed by atoms with Crippen LogP contribution in [0.4, 0.5) is 5.69 Å². The molecule has 1 aliphatic heterocycles. The van der Waals surface area contributed by atoms with Gasteiger partial charge in [-0.15, -0.1) is 11.6 Å². The smallest absolute Gasteiger partial charge is 0.229 e. The highest BCUT2D eigenvalue weighted by Crippen LogP contribution is 2.25. The molecule has 0 aliphatic carbocycles. The molecule has 1 aromatic carbocycles. The normalized spacial score (nSPS) is 18.6. The van der Waals surface area contributed by atoms with E-state index in [1.54, 1.807) is 0 Å². The molecule has 1 N–H and O–H groups in total. The van der Waals surface area contributed by atoms with E-state index in [-0.39, 0.29) is 11.8 Å². The number of carbonyl (C=O) groups excluding carboxylic acids is 1. The van der Waals surface area contributed by atoms with Crippen LogP contribution in [0.1, 0.15) is 25.3 Å². The van der Waals surface area contributed by atoms with Gasteiger partial charge >= 0.3 is 0 Å². The number of hydrogen-bond donors (Lipinski definition) is 1. The molecule has 20 heavy (non-hydrogen) atoms. The first-order valence-corrected chi connectivity index (χ1v) is 7.48. The van der Waals surface area contributed by atoms with E-state index in [9.17, 15) is 4.79 Å². The monoisotopic (exact) mass is 297 g/mol. The quantitative estimate of drug-likeness (QED) is 0.849. The lowest BCUT2D eigenvalue weighted by Crippen LogP contribution is -2.30. The maximum atomic E-state index is 12.1. The summed E-state index contributed by atoms with van der Waals surface area (Å²) in [5.41, 5.74) is 1.63. The highest BCUT2D eigenvalue weighted by Gasteiger charge is 2.21. The molecule has 0 radical (unpaired) electrons. The minimum atomic E-state index is -0.0604. The molecule has 1 aliphatic rings. The van der Waals surface area contributed by atoms with Crippen LogP contribution in [0, 0.1) is 5.92 Å². The predicted molar refractivity (Wildman–Crippen MR) is 79.3 cm³/mol. The minimum absolute atomic E-state index is 0.00869. The van der Waals surface area contributed by atoms with Crippen molar-refractivity contribution in [2.24, 2.45) is 5.92 Å². The Kier molecular flexibility index (Phi) is 5.68. The maximum Gasteiger partial charge on any atom is 0.229 e. The zero-order valence-corrected chi connectivity index (χ0v) is 12.4. The van der Waals surface area contributed by atoms with Crippen molar-refractivity contribution in [1.29, 1.82) is 0 Å². The van der Waals surface area contributed by atoms with E-state index in [4.69, 9.17) is 21.1 Å². The molecule has 1 unspecified atom stereocenters. The molecule has 1 fully saturated rings. The Balaban J connectivity index is 2.03.